The molecule has 5 heteroatoms. The Bertz CT molecular complexity index is 505. The number of nitrogens with zero attached hydrogens (tertiary/aromatic N) is 4. The topological polar surface area (TPSA) is 51.6 Å². The fourth-order valence-electron chi connectivity index (χ4n) is 1.32. The highest BCUT2D eigenvalue weighted by Crippen LogP contribution is 2.27. The summed E-state index contributed by atoms with van der Waals surface area (Å²) in [4.78, 5) is 17.5. The summed E-state index contributed by atoms with van der Waals surface area (Å²) in [7, 11) is 0. The summed E-state index contributed by atoms with van der Waals surface area (Å²) >= 11 is 1.52. The molecule has 0 aliphatic rings. The summed E-state index contributed by atoms with van der Waals surface area (Å²) in [6.07, 6.45) is 3.54. The van der Waals surface area contributed by atoms with E-state index in [2.05, 4.69) is 19.9 Å². The molecule has 88 valence electrons. The first kappa shape index (κ1) is 12.0. The number of rotatable bonds is 2. The molecular weight excluding hydrogens is 232 g/mol. The van der Waals surface area contributed by atoms with Crippen molar-refractivity contribution in [2.45, 2.75) is 37.7 Å². The fourth-order valence-corrected chi connectivity index (χ4v) is 2.28. The average molecular weight is 246 g/mol. The SMILES string of the molecule is Cc1cnc(C)c(Sc2nc(C)cnc2C)n1. The summed E-state index contributed by atoms with van der Waals surface area (Å²) in [6, 6.07) is 0. The number of hydrogen-bond acceptors (Lipinski definition) is 5. The molecule has 0 fully saturated rings. The number of aromatic nitrogens is 4. The molecule has 0 saturated carbocycles. The minimum atomic E-state index is 0.896. The molecule has 17 heavy (non-hydrogen) atoms. The van der Waals surface area contributed by atoms with E-state index in [0.29, 0.717) is 0 Å². The van der Waals surface area contributed by atoms with Gasteiger partial charge >= 0.3 is 0 Å². The molecule has 0 saturated heterocycles. The smallest absolute Gasteiger partial charge is 0.124 e. The van der Waals surface area contributed by atoms with Gasteiger partial charge in [-0.15, -0.1) is 0 Å². The lowest BCUT2D eigenvalue weighted by Crippen LogP contribution is -1.96. The zero-order valence-corrected chi connectivity index (χ0v) is 11.2. The van der Waals surface area contributed by atoms with Gasteiger partial charge in [0, 0.05) is 12.4 Å². The Balaban J connectivity index is 2.37. The lowest BCUT2D eigenvalue weighted by molar-refractivity contribution is 0.918. The van der Waals surface area contributed by atoms with Gasteiger partial charge in [0.1, 0.15) is 10.1 Å². The molecule has 0 radical (unpaired) electrons. The predicted octanol–water partition coefficient (Wildman–Crippen LogP) is 2.65. The first-order valence-corrected chi connectivity index (χ1v) is 6.16. The van der Waals surface area contributed by atoms with Gasteiger partial charge in [-0.3, -0.25) is 9.97 Å². The molecule has 0 aromatic carbocycles. The third-order valence-electron chi connectivity index (χ3n) is 2.26. The van der Waals surface area contributed by atoms with Crippen LogP contribution < -0.4 is 0 Å². The predicted molar refractivity (Wildman–Crippen MR) is 67.1 cm³/mol. The highest BCUT2D eigenvalue weighted by atomic mass is 32.2. The molecule has 0 spiro atoms. The summed E-state index contributed by atoms with van der Waals surface area (Å²) in [5.41, 5.74) is 3.67. The van der Waals surface area contributed by atoms with E-state index in [1.54, 1.807) is 12.4 Å². The Morgan fingerprint density at radius 2 is 1.18 bits per heavy atom. The van der Waals surface area contributed by atoms with Crippen LogP contribution in [0.15, 0.2) is 22.4 Å². The molecule has 4 nitrogen and oxygen atoms in total. The van der Waals surface area contributed by atoms with Crippen LogP contribution >= 0.6 is 11.8 Å². The molecule has 0 aliphatic carbocycles. The Kier molecular flexibility index (Phi) is 3.38. The van der Waals surface area contributed by atoms with Gasteiger partial charge in [0.05, 0.1) is 22.8 Å². The molecule has 0 aliphatic heterocycles. The first-order valence-electron chi connectivity index (χ1n) is 5.34. The third kappa shape index (κ3) is 2.79. The molecule has 0 amide bonds. The van der Waals surface area contributed by atoms with Gasteiger partial charge in [-0.25, -0.2) is 9.97 Å². The number of aryl methyl sites for hydroxylation is 4. The van der Waals surface area contributed by atoms with Crippen molar-refractivity contribution in [3.05, 3.63) is 35.2 Å². The minimum absolute atomic E-state index is 0.896. The van der Waals surface area contributed by atoms with Crippen molar-refractivity contribution < 1.29 is 0 Å². The van der Waals surface area contributed by atoms with Crippen molar-refractivity contribution in [1.29, 1.82) is 0 Å². The van der Waals surface area contributed by atoms with Crippen molar-refractivity contribution in [3.8, 4) is 0 Å². The summed E-state index contributed by atoms with van der Waals surface area (Å²) in [5, 5.41) is 1.79. The Morgan fingerprint density at radius 3 is 1.59 bits per heavy atom. The molecule has 0 atom stereocenters. The first-order chi connectivity index (χ1) is 8.06. The van der Waals surface area contributed by atoms with Gasteiger partial charge in [-0.1, -0.05) is 0 Å². The van der Waals surface area contributed by atoms with Crippen molar-refractivity contribution in [1.82, 2.24) is 19.9 Å². The zero-order valence-electron chi connectivity index (χ0n) is 10.4. The Labute approximate surface area is 105 Å². The second-order valence-corrected chi connectivity index (χ2v) is 4.88. The molecular formula is C12H14N4S. The van der Waals surface area contributed by atoms with E-state index in [1.165, 1.54) is 11.8 Å². The average Bonchev–Trinajstić information content (AvgIpc) is 2.28. The van der Waals surface area contributed by atoms with E-state index in [1.807, 2.05) is 27.7 Å². The van der Waals surface area contributed by atoms with Crippen molar-refractivity contribution in [2.75, 3.05) is 0 Å². The minimum Gasteiger partial charge on any atom is -0.257 e. The summed E-state index contributed by atoms with van der Waals surface area (Å²) in [6.45, 7) is 7.78. The van der Waals surface area contributed by atoms with Crippen LogP contribution in [0.3, 0.4) is 0 Å². The lowest BCUT2D eigenvalue weighted by atomic mass is 10.4. The van der Waals surface area contributed by atoms with Crippen molar-refractivity contribution >= 4 is 11.8 Å². The Hall–Kier alpha value is -1.49. The molecule has 0 bridgehead atoms. The third-order valence-corrected chi connectivity index (χ3v) is 3.42. The van der Waals surface area contributed by atoms with Crippen LogP contribution in [-0.2, 0) is 0 Å². The van der Waals surface area contributed by atoms with E-state index in [9.17, 15) is 0 Å². The molecule has 2 heterocycles. The zero-order chi connectivity index (χ0) is 12.4. The summed E-state index contributed by atoms with van der Waals surface area (Å²) in [5.74, 6) is 0. The quantitative estimate of drug-likeness (QED) is 0.815. The van der Waals surface area contributed by atoms with Crippen LogP contribution in [0.5, 0.6) is 0 Å². The lowest BCUT2D eigenvalue weighted by Gasteiger charge is -2.06. The van der Waals surface area contributed by atoms with Crippen LogP contribution in [0.4, 0.5) is 0 Å². The monoisotopic (exact) mass is 246 g/mol. The van der Waals surface area contributed by atoms with Gasteiger partial charge in [0.15, 0.2) is 0 Å². The largest absolute Gasteiger partial charge is 0.257 e. The molecule has 2 rings (SSSR count). The van der Waals surface area contributed by atoms with Gasteiger partial charge in [0.2, 0.25) is 0 Å². The van der Waals surface area contributed by atoms with Gasteiger partial charge in [-0.05, 0) is 39.5 Å². The van der Waals surface area contributed by atoms with E-state index < -0.39 is 0 Å². The van der Waals surface area contributed by atoms with E-state index >= 15 is 0 Å². The van der Waals surface area contributed by atoms with Crippen LogP contribution in [0.1, 0.15) is 22.8 Å². The second kappa shape index (κ2) is 4.79. The van der Waals surface area contributed by atoms with E-state index in [-0.39, 0.29) is 0 Å². The molecule has 0 unspecified atom stereocenters. The summed E-state index contributed by atoms with van der Waals surface area (Å²) < 4.78 is 0. The van der Waals surface area contributed by atoms with E-state index in [0.717, 1.165) is 32.8 Å². The fraction of sp³-hybridized carbons (Fsp3) is 0.333. The van der Waals surface area contributed by atoms with Gasteiger partial charge in [-0.2, -0.15) is 0 Å². The highest BCUT2D eigenvalue weighted by molar-refractivity contribution is 7.99. The maximum atomic E-state index is 4.47. The maximum Gasteiger partial charge on any atom is 0.124 e. The van der Waals surface area contributed by atoms with Crippen LogP contribution in [0.25, 0.3) is 0 Å². The van der Waals surface area contributed by atoms with Crippen LogP contribution in [-0.4, -0.2) is 19.9 Å². The van der Waals surface area contributed by atoms with E-state index in [4.69, 9.17) is 0 Å². The van der Waals surface area contributed by atoms with Gasteiger partial charge < -0.3 is 0 Å². The number of hydrogen-bond donors (Lipinski definition) is 0. The molecule has 2 aromatic rings. The van der Waals surface area contributed by atoms with Crippen LogP contribution in [0.2, 0.25) is 0 Å². The van der Waals surface area contributed by atoms with Crippen molar-refractivity contribution in [3.63, 3.8) is 0 Å². The Morgan fingerprint density at radius 1 is 0.765 bits per heavy atom. The maximum absolute atomic E-state index is 4.47. The van der Waals surface area contributed by atoms with Gasteiger partial charge in [0.25, 0.3) is 0 Å². The standard InChI is InChI=1S/C12H14N4S/c1-7-5-13-9(3)11(15-7)17-12-10(4)14-6-8(2)16-12/h5-6H,1-4H3. The van der Waals surface area contributed by atoms with Crippen molar-refractivity contribution in [2.24, 2.45) is 0 Å². The second-order valence-electron chi connectivity index (χ2n) is 3.91. The molecule has 2 aromatic heterocycles. The normalized spacial score (nSPS) is 10.6. The molecule has 0 N–H and O–H groups in total. The van der Waals surface area contributed by atoms with Crippen LogP contribution in [0, 0.1) is 27.7 Å². The highest BCUT2D eigenvalue weighted by Gasteiger charge is 2.09.